The molecule has 1 aromatic carbocycles. The van der Waals surface area contributed by atoms with E-state index in [1.165, 1.54) is 0 Å². The summed E-state index contributed by atoms with van der Waals surface area (Å²) < 4.78 is 5.44. The number of nitrogens with one attached hydrogen (secondary N) is 2. The van der Waals surface area contributed by atoms with Gasteiger partial charge in [-0.25, -0.2) is 9.89 Å². The summed E-state index contributed by atoms with van der Waals surface area (Å²) in [6, 6.07) is 7.55. The minimum atomic E-state index is -0.519. The normalized spacial score (nSPS) is 11.7. The van der Waals surface area contributed by atoms with Crippen LogP contribution in [-0.2, 0) is 5.41 Å². The van der Waals surface area contributed by atoms with Crippen molar-refractivity contribution in [3.05, 3.63) is 46.0 Å². The maximum atomic E-state index is 11.4. The minimum Gasteiger partial charge on any atom is -0.494 e. The van der Waals surface area contributed by atoms with Crippen LogP contribution in [0.5, 0.6) is 5.75 Å². The Hall–Kier alpha value is -2.70. The van der Waals surface area contributed by atoms with Crippen molar-refractivity contribution in [1.29, 1.82) is 0 Å². The zero-order valence-corrected chi connectivity index (χ0v) is 13.8. The van der Waals surface area contributed by atoms with Crippen LogP contribution in [0.3, 0.4) is 0 Å². The molecule has 2 rings (SSSR count). The number of benzene rings is 1. The summed E-state index contributed by atoms with van der Waals surface area (Å²) in [5, 5.41) is 10.6. The Balaban J connectivity index is 2.19. The zero-order chi connectivity index (χ0) is 16.9. The van der Waals surface area contributed by atoms with Crippen LogP contribution in [0, 0.1) is 0 Å². The first-order valence-electron chi connectivity index (χ1n) is 7.39. The van der Waals surface area contributed by atoms with Crippen molar-refractivity contribution in [1.82, 2.24) is 15.2 Å². The van der Waals surface area contributed by atoms with E-state index >= 15 is 0 Å². The second-order valence-corrected chi connectivity index (χ2v) is 5.96. The Morgan fingerprint density at radius 3 is 2.87 bits per heavy atom. The van der Waals surface area contributed by atoms with Crippen LogP contribution in [-0.4, -0.2) is 28.0 Å². The second kappa shape index (κ2) is 7.04. The predicted molar refractivity (Wildman–Crippen MR) is 90.2 cm³/mol. The Labute approximate surface area is 134 Å². The van der Waals surface area contributed by atoms with Gasteiger partial charge in [-0.05, 0) is 24.6 Å². The molecule has 7 nitrogen and oxygen atoms in total. The number of anilines is 1. The molecule has 0 aliphatic heterocycles. The largest absolute Gasteiger partial charge is 0.494 e. The topological polar surface area (TPSA) is 92.3 Å². The molecule has 1 heterocycles. The molecule has 0 bridgehead atoms. The molecule has 2 N–H and O–H groups in total. The van der Waals surface area contributed by atoms with Crippen molar-refractivity contribution in [3.63, 3.8) is 0 Å². The van der Waals surface area contributed by atoms with Gasteiger partial charge in [-0.2, -0.15) is 15.2 Å². The molecule has 0 aliphatic rings. The lowest BCUT2D eigenvalue weighted by Gasteiger charge is -2.18. The third-order valence-corrected chi connectivity index (χ3v) is 2.96. The van der Waals surface area contributed by atoms with Gasteiger partial charge in [0.1, 0.15) is 11.4 Å². The third-order valence-electron chi connectivity index (χ3n) is 2.96. The lowest BCUT2D eigenvalue weighted by atomic mass is 9.92. The number of H-pyrrole nitrogens is 1. The summed E-state index contributed by atoms with van der Waals surface area (Å²) in [5.74, 6) is 1.13. The molecule has 0 radical (unpaired) electrons. The molecule has 0 saturated heterocycles. The molecule has 0 aliphatic carbocycles. The number of rotatable bonds is 5. The first kappa shape index (κ1) is 16.7. The summed E-state index contributed by atoms with van der Waals surface area (Å²) in [4.78, 5) is 15.3. The maximum Gasteiger partial charge on any atom is 0.363 e. The minimum absolute atomic E-state index is 0.274. The van der Waals surface area contributed by atoms with Crippen LogP contribution in [0.25, 0.3) is 0 Å². The monoisotopic (exact) mass is 315 g/mol. The second-order valence-electron chi connectivity index (χ2n) is 5.96. The molecule has 0 amide bonds. The van der Waals surface area contributed by atoms with E-state index in [-0.39, 0.29) is 5.41 Å². The van der Waals surface area contributed by atoms with Crippen LogP contribution in [0.1, 0.15) is 39.0 Å². The van der Waals surface area contributed by atoms with Crippen molar-refractivity contribution in [3.8, 4) is 5.75 Å². The van der Waals surface area contributed by atoms with Crippen LogP contribution in [0.4, 0.5) is 5.82 Å². The Morgan fingerprint density at radius 2 is 2.17 bits per heavy atom. The lowest BCUT2D eigenvalue weighted by Crippen LogP contribution is -2.24. The highest BCUT2D eigenvalue weighted by Gasteiger charge is 2.21. The summed E-state index contributed by atoms with van der Waals surface area (Å²) in [6.07, 6.45) is 1.64. The fourth-order valence-electron chi connectivity index (χ4n) is 1.96. The van der Waals surface area contributed by atoms with Crippen LogP contribution < -0.4 is 15.9 Å². The average molecular weight is 315 g/mol. The lowest BCUT2D eigenvalue weighted by molar-refractivity contribution is 0.340. The molecular formula is C16H21N5O2. The van der Waals surface area contributed by atoms with Gasteiger partial charge in [-0.1, -0.05) is 32.9 Å². The molecule has 0 unspecified atom stereocenters. The average Bonchev–Trinajstić information content (AvgIpc) is 2.47. The van der Waals surface area contributed by atoms with E-state index in [0.29, 0.717) is 18.1 Å². The maximum absolute atomic E-state index is 11.4. The fraction of sp³-hybridized carbons (Fsp3) is 0.375. The number of aromatic amines is 1. The number of nitrogens with zero attached hydrogens (tertiary/aromatic N) is 3. The van der Waals surface area contributed by atoms with Crippen LogP contribution in [0.2, 0.25) is 0 Å². The van der Waals surface area contributed by atoms with Gasteiger partial charge in [0.15, 0.2) is 5.82 Å². The van der Waals surface area contributed by atoms with E-state index in [4.69, 9.17) is 4.74 Å². The summed E-state index contributed by atoms with van der Waals surface area (Å²) in [5.41, 5.74) is 3.51. The molecule has 1 aromatic heterocycles. The van der Waals surface area contributed by atoms with Gasteiger partial charge < -0.3 is 4.74 Å². The van der Waals surface area contributed by atoms with E-state index < -0.39 is 5.69 Å². The van der Waals surface area contributed by atoms with Crippen molar-refractivity contribution in [2.24, 2.45) is 5.10 Å². The van der Waals surface area contributed by atoms with Crippen molar-refractivity contribution in [2.45, 2.75) is 33.1 Å². The fourth-order valence-corrected chi connectivity index (χ4v) is 1.96. The summed E-state index contributed by atoms with van der Waals surface area (Å²) in [7, 11) is 0. The van der Waals surface area contributed by atoms with E-state index in [0.717, 1.165) is 11.3 Å². The van der Waals surface area contributed by atoms with E-state index in [1.54, 1.807) is 6.21 Å². The number of hydrogen-bond acceptors (Lipinski definition) is 6. The first-order valence-corrected chi connectivity index (χ1v) is 7.39. The van der Waals surface area contributed by atoms with Gasteiger partial charge in [0.05, 0.1) is 12.8 Å². The van der Waals surface area contributed by atoms with Crippen molar-refractivity contribution < 1.29 is 4.74 Å². The Kier molecular flexibility index (Phi) is 5.10. The summed E-state index contributed by atoms with van der Waals surface area (Å²) >= 11 is 0. The summed E-state index contributed by atoms with van der Waals surface area (Å²) in [6.45, 7) is 8.49. The highest BCUT2D eigenvalue weighted by molar-refractivity contribution is 5.80. The smallest absolute Gasteiger partial charge is 0.363 e. The Morgan fingerprint density at radius 1 is 1.39 bits per heavy atom. The third kappa shape index (κ3) is 4.64. The van der Waals surface area contributed by atoms with E-state index in [1.807, 2.05) is 52.0 Å². The van der Waals surface area contributed by atoms with Gasteiger partial charge in [0, 0.05) is 5.41 Å². The molecule has 7 heteroatoms. The van der Waals surface area contributed by atoms with E-state index in [2.05, 4.69) is 25.7 Å². The Bertz CT molecular complexity index is 747. The molecule has 0 saturated carbocycles. The quantitative estimate of drug-likeness (QED) is 0.652. The molecule has 0 fully saturated rings. The molecule has 0 atom stereocenters. The van der Waals surface area contributed by atoms with Gasteiger partial charge in [-0.3, -0.25) is 5.43 Å². The number of hydrogen-bond donors (Lipinski definition) is 2. The SMILES string of the molecule is CCOc1cccc(/C=N/Nc2nc(=O)[nH]nc2C(C)(C)C)c1. The zero-order valence-electron chi connectivity index (χ0n) is 13.8. The number of ether oxygens (including phenoxy) is 1. The standard InChI is InChI=1S/C16H21N5O2/c1-5-23-12-8-6-7-11(9-12)10-17-20-14-13(16(2,3)4)19-21-15(22)18-14/h6-10H,5H2,1-4H3,(H2,18,20,21,22)/b17-10+. The first-order chi connectivity index (χ1) is 10.9. The predicted octanol–water partition coefficient (Wildman–Crippen LogP) is 2.31. The van der Waals surface area contributed by atoms with Crippen LogP contribution >= 0.6 is 0 Å². The molecule has 0 spiro atoms. The van der Waals surface area contributed by atoms with Gasteiger partial charge in [-0.15, -0.1) is 0 Å². The van der Waals surface area contributed by atoms with Gasteiger partial charge in [0.25, 0.3) is 0 Å². The van der Waals surface area contributed by atoms with E-state index in [9.17, 15) is 4.79 Å². The van der Waals surface area contributed by atoms with Gasteiger partial charge >= 0.3 is 5.69 Å². The van der Waals surface area contributed by atoms with Crippen LogP contribution in [0.15, 0.2) is 34.2 Å². The highest BCUT2D eigenvalue weighted by Crippen LogP contribution is 2.24. The molecule has 122 valence electrons. The molecular weight excluding hydrogens is 294 g/mol. The number of hydrazone groups is 1. The van der Waals surface area contributed by atoms with Crippen molar-refractivity contribution >= 4 is 12.0 Å². The molecule has 23 heavy (non-hydrogen) atoms. The molecule has 2 aromatic rings. The van der Waals surface area contributed by atoms with Gasteiger partial charge in [0.2, 0.25) is 0 Å². The number of aromatic nitrogens is 3. The van der Waals surface area contributed by atoms with Crippen molar-refractivity contribution in [2.75, 3.05) is 12.0 Å². The highest BCUT2D eigenvalue weighted by atomic mass is 16.5.